The van der Waals surface area contributed by atoms with Crippen molar-refractivity contribution >= 4 is 0 Å². The summed E-state index contributed by atoms with van der Waals surface area (Å²) in [6, 6.07) is 0.482. The van der Waals surface area contributed by atoms with E-state index in [1.54, 1.807) is 0 Å². The SMILES string of the molecule is CCC1(C)C(N)C2CCCCCCCCCCC21. The van der Waals surface area contributed by atoms with Crippen LogP contribution in [0.25, 0.3) is 0 Å². The molecule has 0 aromatic rings. The highest BCUT2D eigenvalue weighted by molar-refractivity contribution is 5.07. The maximum Gasteiger partial charge on any atom is 0.0127 e. The predicted molar refractivity (Wildman–Crippen MR) is 79.5 cm³/mol. The summed E-state index contributed by atoms with van der Waals surface area (Å²) in [7, 11) is 0. The molecule has 4 atom stereocenters. The summed E-state index contributed by atoms with van der Waals surface area (Å²) in [5.74, 6) is 1.77. The summed E-state index contributed by atoms with van der Waals surface area (Å²) in [6.45, 7) is 4.79. The Balaban J connectivity index is 1.94. The lowest BCUT2D eigenvalue weighted by Crippen LogP contribution is -2.63. The van der Waals surface area contributed by atoms with Crippen molar-refractivity contribution in [2.75, 3.05) is 0 Å². The van der Waals surface area contributed by atoms with Crippen molar-refractivity contribution in [2.24, 2.45) is 23.0 Å². The first-order valence-electron chi connectivity index (χ1n) is 8.45. The van der Waals surface area contributed by atoms with E-state index in [-0.39, 0.29) is 0 Å². The highest BCUT2D eigenvalue weighted by atomic mass is 14.8. The fourth-order valence-corrected chi connectivity index (χ4v) is 4.58. The van der Waals surface area contributed by atoms with Crippen LogP contribution in [0, 0.1) is 17.3 Å². The molecule has 106 valence electrons. The van der Waals surface area contributed by atoms with Gasteiger partial charge in [-0.15, -0.1) is 0 Å². The van der Waals surface area contributed by atoms with E-state index in [0.29, 0.717) is 11.5 Å². The Kier molecular flexibility index (Phi) is 5.12. The molecule has 2 saturated carbocycles. The molecule has 0 aliphatic heterocycles. The molecule has 0 radical (unpaired) electrons. The van der Waals surface area contributed by atoms with Crippen molar-refractivity contribution in [3.63, 3.8) is 0 Å². The maximum atomic E-state index is 6.50. The third-order valence-electron chi connectivity index (χ3n) is 6.15. The topological polar surface area (TPSA) is 26.0 Å². The first-order chi connectivity index (χ1) is 8.70. The summed E-state index contributed by atoms with van der Waals surface area (Å²) in [5.41, 5.74) is 6.96. The van der Waals surface area contributed by atoms with Gasteiger partial charge in [0.25, 0.3) is 0 Å². The quantitative estimate of drug-likeness (QED) is 0.705. The van der Waals surface area contributed by atoms with Gasteiger partial charge in [0.05, 0.1) is 0 Å². The van der Waals surface area contributed by atoms with Crippen molar-refractivity contribution < 1.29 is 0 Å². The van der Waals surface area contributed by atoms with Crippen LogP contribution in [0.15, 0.2) is 0 Å². The number of fused-ring (bicyclic) bond motifs is 1. The molecule has 0 amide bonds. The largest absolute Gasteiger partial charge is 0.327 e. The molecule has 1 nitrogen and oxygen atoms in total. The number of hydrogen-bond acceptors (Lipinski definition) is 1. The average molecular weight is 251 g/mol. The Morgan fingerprint density at radius 3 is 1.94 bits per heavy atom. The van der Waals surface area contributed by atoms with Crippen molar-refractivity contribution in [1.29, 1.82) is 0 Å². The smallest absolute Gasteiger partial charge is 0.0127 e. The van der Waals surface area contributed by atoms with Gasteiger partial charge >= 0.3 is 0 Å². The number of nitrogens with two attached hydrogens (primary N) is 1. The van der Waals surface area contributed by atoms with E-state index < -0.39 is 0 Å². The van der Waals surface area contributed by atoms with Gasteiger partial charge in [-0.1, -0.05) is 65.2 Å². The highest BCUT2D eigenvalue weighted by Gasteiger charge is 2.54. The lowest BCUT2D eigenvalue weighted by Gasteiger charge is -2.59. The molecule has 2 N–H and O–H groups in total. The van der Waals surface area contributed by atoms with E-state index >= 15 is 0 Å². The van der Waals surface area contributed by atoms with Crippen molar-refractivity contribution in [2.45, 2.75) is 90.5 Å². The third-order valence-corrected chi connectivity index (χ3v) is 6.15. The molecule has 2 aliphatic rings. The molecule has 0 heterocycles. The highest BCUT2D eigenvalue weighted by Crippen LogP contribution is 2.56. The Labute approximate surface area is 114 Å². The summed E-state index contributed by atoms with van der Waals surface area (Å²) in [5, 5.41) is 0. The second-order valence-corrected chi connectivity index (χ2v) is 7.06. The van der Waals surface area contributed by atoms with Crippen LogP contribution in [0.4, 0.5) is 0 Å². The molecule has 18 heavy (non-hydrogen) atoms. The van der Waals surface area contributed by atoms with Crippen LogP contribution in [0.1, 0.15) is 84.5 Å². The molecule has 0 spiro atoms. The lowest BCUT2D eigenvalue weighted by molar-refractivity contribution is -0.0718. The molecule has 1 heteroatoms. The normalized spacial score (nSPS) is 43.2. The minimum atomic E-state index is 0.453. The van der Waals surface area contributed by atoms with E-state index in [1.807, 2.05) is 0 Å². The number of rotatable bonds is 1. The van der Waals surface area contributed by atoms with E-state index in [9.17, 15) is 0 Å². The predicted octanol–water partition coefficient (Wildman–Crippen LogP) is 4.89. The molecule has 0 saturated heterocycles. The van der Waals surface area contributed by atoms with Gasteiger partial charge in [0.1, 0.15) is 0 Å². The second-order valence-electron chi connectivity index (χ2n) is 7.06. The van der Waals surface area contributed by atoms with Gasteiger partial charge in [0.2, 0.25) is 0 Å². The van der Waals surface area contributed by atoms with Crippen LogP contribution < -0.4 is 5.73 Å². The van der Waals surface area contributed by atoms with Gasteiger partial charge in [-0.3, -0.25) is 0 Å². The second kappa shape index (κ2) is 6.41. The average Bonchev–Trinajstić information content (AvgIpc) is 2.38. The molecule has 0 aromatic heterocycles. The van der Waals surface area contributed by atoms with Gasteiger partial charge in [0.15, 0.2) is 0 Å². The zero-order valence-electron chi connectivity index (χ0n) is 12.6. The van der Waals surface area contributed by atoms with E-state index in [2.05, 4.69) is 13.8 Å². The van der Waals surface area contributed by atoms with Crippen LogP contribution in [-0.4, -0.2) is 6.04 Å². The van der Waals surface area contributed by atoms with Crippen molar-refractivity contribution in [3.05, 3.63) is 0 Å². The Bertz CT molecular complexity index is 250. The minimum absolute atomic E-state index is 0.453. The monoisotopic (exact) mass is 251 g/mol. The van der Waals surface area contributed by atoms with Crippen LogP contribution in [-0.2, 0) is 0 Å². The molecule has 2 rings (SSSR count). The Morgan fingerprint density at radius 2 is 1.39 bits per heavy atom. The van der Waals surface area contributed by atoms with E-state index in [1.165, 1.54) is 70.6 Å². The number of hydrogen-bond donors (Lipinski definition) is 1. The van der Waals surface area contributed by atoms with Gasteiger partial charge in [0, 0.05) is 6.04 Å². The van der Waals surface area contributed by atoms with Crippen molar-refractivity contribution in [1.82, 2.24) is 0 Å². The fourth-order valence-electron chi connectivity index (χ4n) is 4.58. The van der Waals surface area contributed by atoms with Crippen LogP contribution in [0.3, 0.4) is 0 Å². The Morgan fingerprint density at radius 1 is 0.889 bits per heavy atom. The fraction of sp³-hybridized carbons (Fsp3) is 1.00. The van der Waals surface area contributed by atoms with Gasteiger partial charge in [-0.25, -0.2) is 0 Å². The molecule has 2 aliphatic carbocycles. The van der Waals surface area contributed by atoms with Gasteiger partial charge in [-0.2, -0.15) is 0 Å². The standard InChI is InChI=1S/C17H33N/c1-3-17(2)15-13-11-9-7-5-4-6-8-10-12-14(15)16(17)18/h14-16H,3-13,18H2,1-2H3. The zero-order chi connectivity index (χ0) is 13.0. The minimum Gasteiger partial charge on any atom is -0.327 e. The maximum absolute atomic E-state index is 6.50. The first kappa shape index (κ1) is 14.4. The van der Waals surface area contributed by atoms with E-state index in [0.717, 1.165) is 11.8 Å². The van der Waals surface area contributed by atoms with Crippen LogP contribution in [0.5, 0.6) is 0 Å². The summed E-state index contributed by atoms with van der Waals surface area (Å²) in [6.07, 6.45) is 15.8. The third kappa shape index (κ3) is 2.76. The molecule has 0 bridgehead atoms. The molecule has 0 aromatic carbocycles. The first-order valence-corrected chi connectivity index (χ1v) is 8.45. The van der Waals surface area contributed by atoms with Gasteiger partial charge in [-0.05, 0) is 36.5 Å². The molecular formula is C17H33N. The molecule has 2 fully saturated rings. The summed E-state index contributed by atoms with van der Waals surface area (Å²) >= 11 is 0. The zero-order valence-corrected chi connectivity index (χ0v) is 12.6. The van der Waals surface area contributed by atoms with Crippen LogP contribution >= 0.6 is 0 Å². The summed E-state index contributed by atoms with van der Waals surface area (Å²) < 4.78 is 0. The van der Waals surface area contributed by atoms with Crippen molar-refractivity contribution in [3.8, 4) is 0 Å². The van der Waals surface area contributed by atoms with E-state index in [4.69, 9.17) is 5.73 Å². The molecular weight excluding hydrogens is 218 g/mol. The lowest BCUT2D eigenvalue weighted by atomic mass is 9.48. The summed E-state index contributed by atoms with van der Waals surface area (Å²) in [4.78, 5) is 0. The van der Waals surface area contributed by atoms with Crippen LogP contribution in [0.2, 0.25) is 0 Å². The van der Waals surface area contributed by atoms with Gasteiger partial charge < -0.3 is 5.73 Å². The molecule has 4 unspecified atom stereocenters. The Hall–Kier alpha value is -0.0400.